The molecule has 0 spiro atoms. The Bertz CT molecular complexity index is 407. The van der Waals surface area contributed by atoms with Crippen molar-refractivity contribution in [3.05, 3.63) is 0 Å². The minimum Gasteiger partial charge on any atom is -0.443 e. The minimum atomic E-state index is -0.859. The number of hydrogen-bond donors (Lipinski definition) is 1. The van der Waals surface area contributed by atoms with Crippen molar-refractivity contribution in [2.75, 3.05) is 0 Å². The van der Waals surface area contributed by atoms with Crippen LogP contribution in [-0.4, -0.2) is 40.7 Å². The van der Waals surface area contributed by atoms with E-state index in [1.807, 2.05) is 0 Å². The number of ether oxygens (including phenoxy) is 2. The Morgan fingerprint density at radius 2 is 1.45 bits per heavy atom. The van der Waals surface area contributed by atoms with Gasteiger partial charge in [-0.1, -0.05) is 13.8 Å². The van der Waals surface area contributed by atoms with E-state index in [9.17, 15) is 14.4 Å². The fourth-order valence-electron chi connectivity index (χ4n) is 1.47. The van der Waals surface area contributed by atoms with Gasteiger partial charge in [0.1, 0.15) is 23.5 Å². The lowest BCUT2D eigenvalue weighted by Crippen LogP contribution is -2.56. The minimum absolute atomic E-state index is 0.208. The summed E-state index contributed by atoms with van der Waals surface area (Å²) in [6, 6.07) is -0.859. The smallest absolute Gasteiger partial charge is 0.429 e. The van der Waals surface area contributed by atoms with Gasteiger partial charge in [-0.05, 0) is 47.5 Å². The highest BCUT2D eigenvalue weighted by molar-refractivity contribution is 5.78. The first-order valence-electron chi connectivity index (χ1n) is 7.24. The van der Waals surface area contributed by atoms with Crippen LogP contribution in [0, 0.1) is 5.92 Å². The lowest BCUT2D eigenvalue weighted by molar-refractivity contribution is -0.115. The van der Waals surface area contributed by atoms with Gasteiger partial charge in [0.2, 0.25) is 0 Å². The van der Waals surface area contributed by atoms with Crippen LogP contribution in [0.4, 0.5) is 9.59 Å². The van der Waals surface area contributed by atoms with E-state index in [1.165, 1.54) is 0 Å². The Kier molecular flexibility index (Phi) is 6.86. The van der Waals surface area contributed by atoms with E-state index in [4.69, 9.17) is 9.47 Å². The van der Waals surface area contributed by atoms with Crippen molar-refractivity contribution in [2.24, 2.45) is 5.92 Å². The van der Waals surface area contributed by atoms with E-state index < -0.39 is 29.4 Å². The van der Waals surface area contributed by atoms with E-state index in [0.717, 1.165) is 5.01 Å². The molecule has 0 rings (SSSR count). The molecule has 128 valence electrons. The molecule has 7 heteroatoms. The molecule has 0 heterocycles. The number of aldehydes is 1. The van der Waals surface area contributed by atoms with Crippen molar-refractivity contribution >= 4 is 18.5 Å². The fraction of sp³-hybridized carbons (Fsp3) is 0.800. The zero-order chi connectivity index (χ0) is 17.7. The quantitative estimate of drug-likeness (QED) is 0.639. The van der Waals surface area contributed by atoms with Crippen LogP contribution < -0.4 is 5.43 Å². The summed E-state index contributed by atoms with van der Waals surface area (Å²) in [5.74, 6) is -0.208. The van der Waals surface area contributed by atoms with Crippen molar-refractivity contribution in [2.45, 2.75) is 72.6 Å². The molecule has 0 aliphatic heterocycles. The summed E-state index contributed by atoms with van der Waals surface area (Å²) >= 11 is 0. The second-order valence-corrected chi connectivity index (χ2v) is 7.33. The zero-order valence-corrected chi connectivity index (χ0v) is 14.7. The van der Waals surface area contributed by atoms with E-state index in [0.29, 0.717) is 6.29 Å². The summed E-state index contributed by atoms with van der Waals surface area (Å²) in [4.78, 5) is 35.4. The molecule has 0 fully saturated rings. The molecule has 1 atom stereocenters. The average Bonchev–Trinajstić information content (AvgIpc) is 2.22. The van der Waals surface area contributed by atoms with Crippen LogP contribution in [0.25, 0.3) is 0 Å². The van der Waals surface area contributed by atoms with Gasteiger partial charge in [-0.15, -0.1) is 0 Å². The zero-order valence-electron chi connectivity index (χ0n) is 14.7. The molecule has 0 aliphatic carbocycles. The van der Waals surface area contributed by atoms with Crippen molar-refractivity contribution in [3.63, 3.8) is 0 Å². The number of hydrazine groups is 1. The van der Waals surface area contributed by atoms with Gasteiger partial charge in [0.05, 0.1) is 0 Å². The first-order chi connectivity index (χ1) is 9.76. The van der Waals surface area contributed by atoms with E-state index in [1.54, 1.807) is 55.4 Å². The maximum atomic E-state index is 12.2. The number of amides is 2. The molecule has 1 N–H and O–H groups in total. The standard InChI is InChI=1S/C15H28N2O5/c1-10(2)11(9-18)17(13(20)22-15(6,7)8)16-12(19)21-14(3,4)5/h9-11H,1-8H3,(H,16,19)/t11-/m1/s1. The van der Waals surface area contributed by atoms with Crippen LogP contribution in [0.15, 0.2) is 0 Å². The first kappa shape index (κ1) is 20.2. The van der Waals surface area contributed by atoms with Gasteiger partial charge < -0.3 is 14.3 Å². The lowest BCUT2D eigenvalue weighted by atomic mass is 10.1. The summed E-state index contributed by atoms with van der Waals surface area (Å²) < 4.78 is 10.3. The number of hydrogen-bond acceptors (Lipinski definition) is 5. The Morgan fingerprint density at radius 3 is 1.77 bits per heavy atom. The molecule has 2 amide bonds. The van der Waals surface area contributed by atoms with Crippen LogP contribution in [0.3, 0.4) is 0 Å². The molecule has 22 heavy (non-hydrogen) atoms. The van der Waals surface area contributed by atoms with Crippen LogP contribution in [0.1, 0.15) is 55.4 Å². The third-order valence-corrected chi connectivity index (χ3v) is 2.32. The van der Waals surface area contributed by atoms with Crippen LogP contribution >= 0.6 is 0 Å². The molecule has 0 bridgehead atoms. The predicted octanol–water partition coefficient (Wildman–Crippen LogP) is 2.89. The van der Waals surface area contributed by atoms with Crippen LogP contribution in [0.2, 0.25) is 0 Å². The van der Waals surface area contributed by atoms with E-state index >= 15 is 0 Å². The van der Waals surface area contributed by atoms with Gasteiger partial charge in [-0.2, -0.15) is 0 Å². The Morgan fingerprint density at radius 1 is 1.00 bits per heavy atom. The second-order valence-electron chi connectivity index (χ2n) is 7.33. The molecule has 0 saturated carbocycles. The highest BCUT2D eigenvalue weighted by atomic mass is 16.6. The molecule has 0 aromatic carbocycles. The summed E-state index contributed by atoms with van der Waals surface area (Å²) in [5, 5.41) is 0.872. The average molecular weight is 316 g/mol. The van der Waals surface area contributed by atoms with Crippen molar-refractivity contribution < 1.29 is 23.9 Å². The Hall–Kier alpha value is -1.79. The first-order valence-corrected chi connectivity index (χ1v) is 7.24. The maximum Gasteiger partial charge on any atom is 0.429 e. The monoisotopic (exact) mass is 316 g/mol. The van der Waals surface area contributed by atoms with Gasteiger partial charge in [-0.25, -0.2) is 20.0 Å². The van der Waals surface area contributed by atoms with Crippen LogP contribution in [-0.2, 0) is 14.3 Å². The number of rotatable bonds is 3. The van der Waals surface area contributed by atoms with Gasteiger partial charge in [0.25, 0.3) is 0 Å². The van der Waals surface area contributed by atoms with Crippen molar-refractivity contribution in [1.29, 1.82) is 0 Å². The second kappa shape index (κ2) is 7.47. The maximum absolute atomic E-state index is 12.2. The highest BCUT2D eigenvalue weighted by Crippen LogP contribution is 2.14. The van der Waals surface area contributed by atoms with E-state index in [-0.39, 0.29) is 5.92 Å². The molecular weight excluding hydrogens is 288 g/mol. The van der Waals surface area contributed by atoms with Crippen LogP contribution in [0.5, 0.6) is 0 Å². The van der Waals surface area contributed by atoms with Gasteiger partial charge in [0, 0.05) is 0 Å². The van der Waals surface area contributed by atoms with Gasteiger partial charge >= 0.3 is 12.2 Å². The number of nitrogens with zero attached hydrogens (tertiary/aromatic N) is 1. The summed E-state index contributed by atoms with van der Waals surface area (Å²) in [6.07, 6.45) is -1.05. The van der Waals surface area contributed by atoms with Crippen molar-refractivity contribution in [1.82, 2.24) is 10.4 Å². The molecule has 7 nitrogen and oxygen atoms in total. The topological polar surface area (TPSA) is 84.9 Å². The molecule has 0 aliphatic rings. The normalized spacial score (nSPS) is 13.3. The third kappa shape index (κ3) is 7.85. The summed E-state index contributed by atoms with van der Waals surface area (Å²) in [6.45, 7) is 13.7. The van der Waals surface area contributed by atoms with Crippen molar-refractivity contribution in [3.8, 4) is 0 Å². The molecule has 0 aromatic rings. The van der Waals surface area contributed by atoms with Gasteiger partial charge in [0.15, 0.2) is 0 Å². The number of carbonyl (C=O) groups is 3. The largest absolute Gasteiger partial charge is 0.443 e. The number of nitrogens with one attached hydrogen (secondary N) is 1. The number of carbonyl (C=O) groups excluding carboxylic acids is 3. The molecular formula is C15H28N2O5. The third-order valence-electron chi connectivity index (χ3n) is 2.32. The van der Waals surface area contributed by atoms with Gasteiger partial charge in [-0.3, -0.25) is 0 Å². The molecule has 0 unspecified atom stereocenters. The molecule has 0 saturated heterocycles. The Balaban J connectivity index is 5.21. The molecule has 0 aromatic heterocycles. The highest BCUT2D eigenvalue weighted by Gasteiger charge is 2.32. The Labute approximate surface area is 132 Å². The molecule has 0 radical (unpaired) electrons. The fourth-order valence-corrected chi connectivity index (χ4v) is 1.47. The SMILES string of the molecule is CC(C)[C@@H](C=O)N(NC(=O)OC(C)(C)C)C(=O)OC(C)(C)C. The lowest BCUT2D eigenvalue weighted by Gasteiger charge is -2.33. The predicted molar refractivity (Wildman–Crippen MR) is 82.1 cm³/mol. The summed E-state index contributed by atoms with van der Waals surface area (Å²) in [5.41, 5.74) is 0.816. The summed E-state index contributed by atoms with van der Waals surface area (Å²) in [7, 11) is 0. The van der Waals surface area contributed by atoms with E-state index in [2.05, 4.69) is 5.43 Å².